The molecule has 70 valence electrons. The maximum Gasteiger partial charge on any atom is 0.163 e. The smallest absolute Gasteiger partial charge is 0.163 e. The number of hydrogen-bond donors (Lipinski definition) is 0. The first-order valence-electron chi connectivity index (χ1n) is 4.12. The summed E-state index contributed by atoms with van der Waals surface area (Å²) >= 11 is 0. The molecule has 0 spiro atoms. The third-order valence-electron chi connectivity index (χ3n) is 1.68. The lowest BCUT2D eigenvalue weighted by Crippen LogP contribution is -1.97. The van der Waals surface area contributed by atoms with E-state index >= 15 is 0 Å². The van der Waals surface area contributed by atoms with Crippen LogP contribution < -0.4 is 0 Å². The van der Waals surface area contributed by atoms with Crippen molar-refractivity contribution in [3.63, 3.8) is 0 Å². The molecular formula is C10H12OS2. The normalized spacial score (nSPS) is 10.0. The van der Waals surface area contributed by atoms with Gasteiger partial charge in [0.2, 0.25) is 0 Å². The van der Waals surface area contributed by atoms with Gasteiger partial charge in [-0.3, -0.25) is 4.79 Å². The van der Waals surface area contributed by atoms with Crippen LogP contribution in [0, 0.1) is 0 Å². The maximum absolute atomic E-state index is 11.5. The number of rotatable bonds is 4. The minimum Gasteiger partial charge on any atom is -0.294 e. The molecule has 13 heavy (non-hydrogen) atoms. The van der Waals surface area contributed by atoms with Gasteiger partial charge in [-0.25, -0.2) is 0 Å². The Hall–Kier alpha value is -0.410. The lowest BCUT2D eigenvalue weighted by molar-refractivity contribution is 0.0985. The van der Waals surface area contributed by atoms with Crippen molar-refractivity contribution in [3.8, 4) is 0 Å². The first kappa shape index (κ1) is 10.7. The van der Waals surface area contributed by atoms with Crippen LogP contribution in [-0.4, -0.2) is 12.0 Å². The molecule has 0 radical (unpaired) electrons. The molecule has 0 aliphatic rings. The van der Waals surface area contributed by atoms with Gasteiger partial charge in [-0.2, -0.15) is 0 Å². The van der Waals surface area contributed by atoms with Crippen molar-refractivity contribution >= 4 is 27.4 Å². The highest BCUT2D eigenvalue weighted by atomic mass is 33.1. The summed E-state index contributed by atoms with van der Waals surface area (Å²) in [5.41, 5.74) is 0.851. The zero-order valence-corrected chi connectivity index (χ0v) is 9.37. The van der Waals surface area contributed by atoms with Crippen LogP contribution in [0.4, 0.5) is 0 Å². The maximum atomic E-state index is 11.5. The largest absolute Gasteiger partial charge is 0.294 e. The van der Waals surface area contributed by atoms with Crippen LogP contribution in [0.25, 0.3) is 0 Å². The van der Waals surface area contributed by atoms with Crippen LogP contribution in [-0.2, 0) is 0 Å². The Morgan fingerprint density at radius 1 is 1.38 bits per heavy atom. The van der Waals surface area contributed by atoms with Gasteiger partial charge in [0.15, 0.2) is 5.78 Å². The second kappa shape index (κ2) is 5.35. The monoisotopic (exact) mass is 212 g/mol. The van der Waals surface area contributed by atoms with Gasteiger partial charge in [0.25, 0.3) is 0 Å². The van der Waals surface area contributed by atoms with E-state index in [0.717, 1.165) is 10.5 Å². The van der Waals surface area contributed by atoms with Gasteiger partial charge >= 0.3 is 0 Å². The minimum atomic E-state index is 0.220. The quantitative estimate of drug-likeness (QED) is 0.560. The summed E-state index contributed by atoms with van der Waals surface area (Å²) in [6, 6.07) is 7.76. The Balaban J connectivity index is 2.97. The number of carbonyl (C=O) groups is 1. The Kier molecular flexibility index (Phi) is 4.39. The molecule has 0 aliphatic heterocycles. The molecule has 1 aromatic carbocycles. The molecule has 1 nitrogen and oxygen atoms in total. The fourth-order valence-electron chi connectivity index (χ4n) is 1.05. The highest BCUT2D eigenvalue weighted by molar-refractivity contribution is 8.76. The van der Waals surface area contributed by atoms with E-state index < -0.39 is 0 Å². The highest BCUT2D eigenvalue weighted by Crippen LogP contribution is 2.31. The Morgan fingerprint density at radius 3 is 2.69 bits per heavy atom. The molecular weight excluding hydrogens is 200 g/mol. The SMILES string of the molecule is CCC(=O)c1ccccc1SSC. The van der Waals surface area contributed by atoms with Crippen LogP contribution in [0.2, 0.25) is 0 Å². The Labute approximate surface area is 86.7 Å². The van der Waals surface area contributed by atoms with Gasteiger partial charge in [0.05, 0.1) is 0 Å². The van der Waals surface area contributed by atoms with Gasteiger partial charge in [0.1, 0.15) is 0 Å². The summed E-state index contributed by atoms with van der Waals surface area (Å²) in [4.78, 5) is 12.6. The van der Waals surface area contributed by atoms with E-state index in [1.807, 2.05) is 37.4 Å². The summed E-state index contributed by atoms with van der Waals surface area (Å²) in [6.07, 6.45) is 2.59. The molecule has 0 amide bonds. The van der Waals surface area contributed by atoms with E-state index in [1.165, 1.54) is 0 Å². The summed E-state index contributed by atoms with van der Waals surface area (Å²) in [7, 11) is 3.30. The molecule has 0 aliphatic carbocycles. The molecule has 0 fully saturated rings. The van der Waals surface area contributed by atoms with Gasteiger partial charge < -0.3 is 0 Å². The zero-order valence-electron chi connectivity index (χ0n) is 7.74. The highest BCUT2D eigenvalue weighted by Gasteiger charge is 2.08. The Morgan fingerprint density at radius 2 is 2.08 bits per heavy atom. The van der Waals surface area contributed by atoms with E-state index in [1.54, 1.807) is 21.6 Å². The Bertz CT molecular complexity index is 297. The predicted octanol–water partition coefficient (Wildman–Crippen LogP) is 3.65. The summed E-state index contributed by atoms with van der Waals surface area (Å²) in [6.45, 7) is 1.89. The lowest BCUT2D eigenvalue weighted by Gasteiger charge is -2.04. The standard InChI is InChI=1S/C10H12OS2/c1-3-9(11)8-6-4-5-7-10(8)13-12-2/h4-7H,3H2,1-2H3. The van der Waals surface area contributed by atoms with E-state index in [4.69, 9.17) is 0 Å². The number of hydrogen-bond acceptors (Lipinski definition) is 3. The predicted molar refractivity (Wildman–Crippen MR) is 60.4 cm³/mol. The van der Waals surface area contributed by atoms with Crippen molar-refractivity contribution in [3.05, 3.63) is 29.8 Å². The second-order valence-electron chi connectivity index (χ2n) is 2.52. The lowest BCUT2D eigenvalue weighted by atomic mass is 10.1. The molecule has 0 saturated heterocycles. The average Bonchev–Trinajstić information content (AvgIpc) is 2.18. The van der Waals surface area contributed by atoms with Crippen LogP contribution in [0.15, 0.2) is 29.2 Å². The van der Waals surface area contributed by atoms with Crippen molar-refractivity contribution in [1.82, 2.24) is 0 Å². The third-order valence-corrected chi connectivity index (χ3v) is 3.42. The van der Waals surface area contributed by atoms with Crippen LogP contribution in [0.1, 0.15) is 23.7 Å². The molecule has 0 bridgehead atoms. The van der Waals surface area contributed by atoms with E-state index in [0.29, 0.717) is 6.42 Å². The van der Waals surface area contributed by atoms with E-state index in [-0.39, 0.29) is 5.78 Å². The van der Waals surface area contributed by atoms with E-state index in [2.05, 4.69) is 0 Å². The molecule has 0 saturated carbocycles. The molecule has 0 heterocycles. The number of ketones is 1. The van der Waals surface area contributed by atoms with Crippen molar-refractivity contribution in [2.24, 2.45) is 0 Å². The molecule has 0 aromatic heterocycles. The summed E-state index contributed by atoms with van der Waals surface area (Å²) in [5.74, 6) is 0.220. The van der Waals surface area contributed by atoms with Crippen molar-refractivity contribution in [1.29, 1.82) is 0 Å². The number of carbonyl (C=O) groups excluding carboxylic acids is 1. The molecule has 0 atom stereocenters. The fourth-order valence-corrected chi connectivity index (χ4v) is 2.61. The van der Waals surface area contributed by atoms with Gasteiger partial charge in [0, 0.05) is 16.9 Å². The summed E-state index contributed by atoms with van der Waals surface area (Å²) in [5, 5.41) is 0. The van der Waals surface area contributed by atoms with Gasteiger partial charge in [-0.15, -0.1) is 0 Å². The van der Waals surface area contributed by atoms with Crippen LogP contribution in [0.3, 0.4) is 0 Å². The first-order chi connectivity index (χ1) is 6.29. The average molecular weight is 212 g/mol. The minimum absolute atomic E-state index is 0.220. The van der Waals surface area contributed by atoms with Crippen molar-refractivity contribution in [2.75, 3.05) is 6.26 Å². The molecule has 3 heteroatoms. The van der Waals surface area contributed by atoms with Crippen LogP contribution in [0.5, 0.6) is 0 Å². The van der Waals surface area contributed by atoms with Crippen LogP contribution >= 0.6 is 21.6 Å². The second-order valence-corrected chi connectivity index (χ2v) is 4.96. The number of benzene rings is 1. The van der Waals surface area contributed by atoms with Gasteiger partial charge in [-0.05, 0) is 12.3 Å². The fraction of sp³-hybridized carbons (Fsp3) is 0.300. The third kappa shape index (κ3) is 2.78. The molecule has 0 unspecified atom stereocenters. The first-order valence-corrected chi connectivity index (χ1v) is 6.68. The molecule has 0 N–H and O–H groups in total. The topological polar surface area (TPSA) is 17.1 Å². The summed E-state index contributed by atoms with van der Waals surface area (Å²) < 4.78 is 0. The van der Waals surface area contributed by atoms with Crippen molar-refractivity contribution in [2.45, 2.75) is 18.2 Å². The molecule has 1 aromatic rings. The van der Waals surface area contributed by atoms with Crippen molar-refractivity contribution < 1.29 is 4.79 Å². The zero-order chi connectivity index (χ0) is 9.68. The van der Waals surface area contributed by atoms with Gasteiger partial charge in [-0.1, -0.05) is 46.7 Å². The number of Topliss-reactive ketones (excluding diaryl/α,β-unsaturated/α-hetero) is 1. The molecule has 1 rings (SSSR count). The van der Waals surface area contributed by atoms with E-state index in [9.17, 15) is 4.79 Å².